The summed E-state index contributed by atoms with van der Waals surface area (Å²) in [6, 6.07) is 0. The summed E-state index contributed by atoms with van der Waals surface area (Å²) in [5, 5.41) is 21.2. The van der Waals surface area contributed by atoms with Gasteiger partial charge < -0.3 is 10.2 Å². The smallest absolute Gasteiger partial charge is 0.0648 e. The maximum Gasteiger partial charge on any atom is 0.0648 e. The number of aliphatic hydroxyl groups is 2. The van der Waals surface area contributed by atoms with Crippen LogP contribution in [-0.2, 0) is 0 Å². The Kier molecular flexibility index (Phi) is 6.92. The summed E-state index contributed by atoms with van der Waals surface area (Å²) >= 11 is 0. The molecule has 2 N–H and O–H groups in total. The highest BCUT2D eigenvalue weighted by Gasteiger charge is 2.61. The zero-order valence-electron chi connectivity index (χ0n) is 22.3. The van der Waals surface area contributed by atoms with Gasteiger partial charge in [0, 0.05) is 0 Å². The molecular formula is C30H54O2. The van der Waals surface area contributed by atoms with Crippen LogP contribution in [0.5, 0.6) is 0 Å². The van der Waals surface area contributed by atoms with E-state index in [1.165, 1.54) is 64.2 Å². The molecule has 0 aromatic heterocycles. The normalized spacial score (nSPS) is 47.4. The highest BCUT2D eigenvalue weighted by molar-refractivity contribution is 5.11. The van der Waals surface area contributed by atoms with Crippen molar-refractivity contribution in [2.45, 2.75) is 143 Å². The van der Waals surface area contributed by atoms with Crippen LogP contribution in [0.2, 0.25) is 0 Å². The van der Waals surface area contributed by atoms with Crippen molar-refractivity contribution in [2.24, 2.45) is 46.3 Å². The molecule has 4 saturated carbocycles. The van der Waals surface area contributed by atoms with E-state index >= 15 is 0 Å². The predicted molar refractivity (Wildman–Crippen MR) is 134 cm³/mol. The molecule has 0 spiro atoms. The Hall–Kier alpha value is -0.0800. The van der Waals surface area contributed by atoms with Crippen LogP contribution in [-0.4, -0.2) is 21.4 Å². The second-order valence-corrected chi connectivity index (χ2v) is 14.0. The van der Waals surface area contributed by atoms with Crippen molar-refractivity contribution < 1.29 is 10.2 Å². The predicted octanol–water partition coefficient (Wildman–Crippen LogP) is 7.75. The molecule has 0 aromatic carbocycles. The molecule has 186 valence electrons. The molecule has 32 heavy (non-hydrogen) atoms. The Bertz CT molecular complexity index is 652. The van der Waals surface area contributed by atoms with Gasteiger partial charge in [0.05, 0.1) is 11.2 Å². The molecule has 0 saturated heterocycles. The van der Waals surface area contributed by atoms with Crippen LogP contribution in [0.25, 0.3) is 0 Å². The van der Waals surface area contributed by atoms with E-state index in [0.717, 1.165) is 61.2 Å². The fraction of sp³-hybridized carbons (Fsp3) is 1.00. The van der Waals surface area contributed by atoms with Crippen LogP contribution >= 0.6 is 0 Å². The number of hydrogen-bond donors (Lipinski definition) is 2. The van der Waals surface area contributed by atoms with Crippen molar-refractivity contribution in [1.82, 2.24) is 0 Å². The van der Waals surface area contributed by atoms with Crippen molar-refractivity contribution in [3.63, 3.8) is 0 Å². The summed E-state index contributed by atoms with van der Waals surface area (Å²) in [7, 11) is 0. The zero-order chi connectivity index (χ0) is 23.4. The SMILES string of the molecule is CC[C@H](CCCC(C)(C)O)[C@H]1CC[C@H]2C3CC[C@H]4C[C@](O)(CC)CCC4(C)[C@H]3CC[C@]12C. The van der Waals surface area contributed by atoms with Crippen molar-refractivity contribution in [3.8, 4) is 0 Å². The van der Waals surface area contributed by atoms with Gasteiger partial charge in [-0.15, -0.1) is 0 Å². The Balaban J connectivity index is 1.47. The van der Waals surface area contributed by atoms with Crippen LogP contribution in [0, 0.1) is 46.3 Å². The Labute approximate surface area is 199 Å². The monoisotopic (exact) mass is 446 g/mol. The van der Waals surface area contributed by atoms with Crippen molar-refractivity contribution in [2.75, 3.05) is 0 Å². The van der Waals surface area contributed by atoms with Crippen LogP contribution in [0.4, 0.5) is 0 Å². The van der Waals surface area contributed by atoms with E-state index in [1.807, 2.05) is 13.8 Å². The van der Waals surface area contributed by atoms with E-state index in [4.69, 9.17) is 0 Å². The van der Waals surface area contributed by atoms with E-state index in [2.05, 4.69) is 27.7 Å². The summed E-state index contributed by atoms with van der Waals surface area (Å²) < 4.78 is 0. The average molecular weight is 447 g/mol. The van der Waals surface area contributed by atoms with Gasteiger partial charge >= 0.3 is 0 Å². The maximum atomic E-state index is 11.0. The van der Waals surface area contributed by atoms with Crippen LogP contribution < -0.4 is 0 Å². The minimum atomic E-state index is -0.517. The molecule has 4 aliphatic carbocycles. The second kappa shape index (κ2) is 8.85. The Morgan fingerprint density at radius 1 is 0.906 bits per heavy atom. The maximum absolute atomic E-state index is 11.0. The van der Waals surface area contributed by atoms with Gasteiger partial charge in [0.1, 0.15) is 0 Å². The first kappa shape index (κ1) is 25.0. The van der Waals surface area contributed by atoms with Gasteiger partial charge in [-0.2, -0.15) is 0 Å². The minimum Gasteiger partial charge on any atom is -0.390 e. The molecule has 2 unspecified atom stereocenters. The summed E-state index contributed by atoms with van der Waals surface area (Å²) in [4.78, 5) is 0. The van der Waals surface area contributed by atoms with Gasteiger partial charge in [-0.3, -0.25) is 0 Å². The van der Waals surface area contributed by atoms with Crippen molar-refractivity contribution >= 4 is 0 Å². The second-order valence-electron chi connectivity index (χ2n) is 14.0. The largest absolute Gasteiger partial charge is 0.390 e. The van der Waals surface area contributed by atoms with Crippen LogP contribution in [0.15, 0.2) is 0 Å². The van der Waals surface area contributed by atoms with Crippen molar-refractivity contribution in [3.05, 3.63) is 0 Å². The van der Waals surface area contributed by atoms with Crippen LogP contribution in [0.3, 0.4) is 0 Å². The summed E-state index contributed by atoms with van der Waals surface area (Å²) in [6.45, 7) is 13.8. The number of fused-ring (bicyclic) bond motifs is 5. The fourth-order valence-corrected chi connectivity index (χ4v) is 9.95. The first-order valence-electron chi connectivity index (χ1n) is 14.4. The summed E-state index contributed by atoms with van der Waals surface area (Å²) in [5.74, 6) is 5.23. The fourth-order valence-electron chi connectivity index (χ4n) is 9.95. The molecule has 0 aliphatic heterocycles. The average Bonchev–Trinajstić information content (AvgIpc) is 3.08. The third kappa shape index (κ3) is 4.34. The van der Waals surface area contributed by atoms with E-state index in [-0.39, 0.29) is 5.60 Å². The lowest BCUT2D eigenvalue weighted by molar-refractivity contribution is -0.153. The number of rotatable bonds is 7. The Morgan fingerprint density at radius 3 is 2.28 bits per heavy atom. The molecular weight excluding hydrogens is 392 g/mol. The summed E-state index contributed by atoms with van der Waals surface area (Å²) in [5.41, 5.74) is 0.117. The summed E-state index contributed by atoms with van der Waals surface area (Å²) in [6.07, 6.45) is 17.6. The molecule has 4 rings (SSSR count). The van der Waals surface area contributed by atoms with Gasteiger partial charge in [-0.25, -0.2) is 0 Å². The molecule has 4 fully saturated rings. The van der Waals surface area contributed by atoms with Gasteiger partial charge in [0.2, 0.25) is 0 Å². The molecule has 9 atom stereocenters. The van der Waals surface area contributed by atoms with E-state index in [1.54, 1.807) is 0 Å². The first-order chi connectivity index (χ1) is 15.0. The molecule has 0 radical (unpaired) electrons. The van der Waals surface area contributed by atoms with Crippen molar-refractivity contribution in [1.29, 1.82) is 0 Å². The minimum absolute atomic E-state index is 0.379. The first-order valence-corrected chi connectivity index (χ1v) is 14.4. The molecule has 2 nitrogen and oxygen atoms in total. The quantitative estimate of drug-likeness (QED) is 0.419. The van der Waals surface area contributed by atoms with Gasteiger partial charge in [0.15, 0.2) is 0 Å². The van der Waals surface area contributed by atoms with Gasteiger partial charge in [-0.1, -0.05) is 47.0 Å². The van der Waals surface area contributed by atoms with Gasteiger partial charge in [0.25, 0.3) is 0 Å². The van der Waals surface area contributed by atoms with E-state index < -0.39 is 5.60 Å². The van der Waals surface area contributed by atoms with E-state index in [9.17, 15) is 10.2 Å². The van der Waals surface area contributed by atoms with Gasteiger partial charge in [-0.05, 0) is 131 Å². The molecule has 2 heteroatoms. The highest BCUT2D eigenvalue weighted by Crippen LogP contribution is 2.69. The molecule has 0 heterocycles. The lowest BCUT2D eigenvalue weighted by Gasteiger charge is -2.62. The molecule has 0 aromatic rings. The molecule has 0 bridgehead atoms. The van der Waals surface area contributed by atoms with E-state index in [0.29, 0.717) is 10.8 Å². The lowest BCUT2D eigenvalue weighted by Crippen LogP contribution is -2.56. The van der Waals surface area contributed by atoms with Crippen LogP contribution in [0.1, 0.15) is 131 Å². The lowest BCUT2D eigenvalue weighted by atomic mass is 9.43. The third-order valence-electron chi connectivity index (χ3n) is 12.0. The number of hydrogen-bond acceptors (Lipinski definition) is 2. The topological polar surface area (TPSA) is 40.5 Å². The molecule has 4 aliphatic rings. The zero-order valence-corrected chi connectivity index (χ0v) is 22.3. The third-order valence-corrected chi connectivity index (χ3v) is 12.0. The molecule has 0 amide bonds. The Morgan fingerprint density at radius 2 is 1.62 bits per heavy atom. The highest BCUT2D eigenvalue weighted by atomic mass is 16.3. The standard InChI is InChI=1S/C30H54O2/c1-7-21(10-9-16-27(3,4)31)24-13-14-25-23-12-11-22-20-30(32,8-2)19-18-28(22,5)26(23)15-17-29(24,25)6/h21-26,31-32H,7-20H2,1-6H3/t21-,22+,23?,24-,25+,26+,28?,29-,30+/m1/s1.